The summed E-state index contributed by atoms with van der Waals surface area (Å²) in [7, 11) is 0. The Morgan fingerprint density at radius 2 is 1.90 bits per heavy atom. The number of rotatable bonds is 5. The first-order chi connectivity index (χ1) is 9.69. The molecule has 20 heavy (non-hydrogen) atoms. The van der Waals surface area contributed by atoms with Crippen LogP contribution >= 0.6 is 15.9 Å². The predicted molar refractivity (Wildman–Crippen MR) is 82.9 cm³/mol. The van der Waals surface area contributed by atoms with Gasteiger partial charge in [0.05, 0.1) is 5.56 Å². The molecule has 0 atom stereocenters. The van der Waals surface area contributed by atoms with E-state index < -0.39 is 0 Å². The molecule has 0 aliphatic heterocycles. The summed E-state index contributed by atoms with van der Waals surface area (Å²) >= 11 is 3.29. The fourth-order valence-electron chi connectivity index (χ4n) is 1.52. The quantitative estimate of drug-likeness (QED) is 0.880. The van der Waals surface area contributed by atoms with E-state index >= 15 is 0 Å². The molecule has 2 aromatic rings. The van der Waals surface area contributed by atoms with E-state index in [0.29, 0.717) is 11.4 Å². The molecule has 0 aliphatic rings. The molecule has 0 aromatic carbocycles. The van der Waals surface area contributed by atoms with Gasteiger partial charge in [0.2, 0.25) is 0 Å². The van der Waals surface area contributed by atoms with Crippen LogP contribution in [0.1, 0.15) is 23.7 Å². The second-order valence-electron chi connectivity index (χ2n) is 4.17. The fraction of sp³-hybridized carbons (Fsp3) is 0.214. The van der Waals surface area contributed by atoms with Gasteiger partial charge in [-0.15, -0.1) is 0 Å². The first-order valence-corrected chi connectivity index (χ1v) is 7.11. The molecular weight excluding hydrogens is 320 g/mol. The zero-order valence-corrected chi connectivity index (χ0v) is 12.6. The largest absolute Gasteiger partial charge is 0.370 e. The van der Waals surface area contributed by atoms with Crippen LogP contribution in [0.2, 0.25) is 0 Å². The lowest BCUT2D eigenvalue weighted by Crippen LogP contribution is -2.13. The zero-order chi connectivity index (χ0) is 14.4. The highest BCUT2D eigenvalue weighted by Crippen LogP contribution is 2.12. The monoisotopic (exact) mass is 334 g/mol. The molecule has 2 heterocycles. The lowest BCUT2D eigenvalue weighted by Gasteiger charge is -2.06. The highest BCUT2D eigenvalue weighted by Gasteiger charge is 2.07. The number of amides is 1. The fourth-order valence-corrected chi connectivity index (χ4v) is 1.76. The van der Waals surface area contributed by atoms with Gasteiger partial charge in [-0.25, -0.2) is 9.97 Å². The van der Waals surface area contributed by atoms with E-state index in [0.717, 1.165) is 23.3 Å². The molecule has 0 saturated heterocycles. The zero-order valence-electron chi connectivity index (χ0n) is 11.1. The van der Waals surface area contributed by atoms with Crippen LogP contribution in [0.15, 0.2) is 41.1 Å². The Hall–Kier alpha value is -1.95. The van der Waals surface area contributed by atoms with Crippen LogP contribution in [0.25, 0.3) is 0 Å². The number of nitrogens with one attached hydrogen (secondary N) is 2. The van der Waals surface area contributed by atoms with E-state index in [2.05, 4.69) is 43.5 Å². The summed E-state index contributed by atoms with van der Waals surface area (Å²) in [6, 6.07) is 7.07. The van der Waals surface area contributed by atoms with Crippen LogP contribution in [-0.4, -0.2) is 22.4 Å². The molecule has 104 valence electrons. The third-order valence-corrected chi connectivity index (χ3v) is 3.02. The molecule has 6 heteroatoms. The first kappa shape index (κ1) is 14.5. The van der Waals surface area contributed by atoms with Crippen molar-refractivity contribution < 1.29 is 4.79 Å². The molecule has 0 aliphatic carbocycles. The van der Waals surface area contributed by atoms with Crippen LogP contribution in [0, 0.1) is 0 Å². The maximum absolute atomic E-state index is 12.0. The minimum Gasteiger partial charge on any atom is -0.370 e. The van der Waals surface area contributed by atoms with Crippen molar-refractivity contribution >= 4 is 33.5 Å². The second kappa shape index (κ2) is 7.00. The van der Waals surface area contributed by atoms with Gasteiger partial charge in [0, 0.05) is 23.4 Å². The first-order valence-electron chi connectivity index (χ1n) is 6.32. The van der Waals surface area contributed by atoms with Crippen molar-refractivity contribution in [2.24, 2.45) is 0 Å². The Labute approximate surface area is 126 Å². The highest BCUT2D eigenvalue weighted by molar-refractivity contribution is 9.10. The molecular formula is C14H15BrN4O. The second-order valence-corrected chi connectivity index (χ2v) is 5.09. The normalized spacial score (nSPS) is 10.1. The SMILES string of the molecule is CCCNc1ccc(C(=O)Nc2ccc(Br)cn2)cn1. The Morgan fingerprint density at radius 1 is 1.15 bits per heavy atom. The summed E-state index contributed by atoms with van der Waals surface area (Å²) in [5.41, 5.74) is 0.497. The smallest absolute Gasteiger partial charge is 0.258 e. The minimum absolute atomic E-state index is 0.227. The van der Waals surface area contributed by atoms with Crippen molar-refractivity contribution in [3.8, 4) is 0 Å². The van der Waals surface area contributed by atoms with Gasteiger partial charge < -0.3 is 10.6 Å². The summed E-state index contributed by atoms with van der Waals surface area (Å²) in [5, 5.41) is 5.87. The standard InChI is InChI=1S/C14H15BrN4O/c1-2-7-16-12-5-3-10(8-17-12)14(20)19-13-6-4-11(15)9-18-13/h3-6,8-9H,2,7H2,1H3,(H,16,17)(H,18,19,20). The number of nitrogens with zero attached hydrogens (tertiary/aromatic N) is 2. The highest BCUT2D eigenvalue weighted by atomic mass is 79.9. The summed E-state index contributed by atoms with van der Waals surface area (Å²) < 4.78 is 0.864. The number of pyridine rings is 2. The maximum Gasteiger partial charge on any atom is 0.258 e. The van der Waals surface area contributed by atoms with Crippen molar-refractivity contribution in [3.05, 3.63) is 46.7 Å². The molecule has 0 unspecified atom stereocenters. The van der Waals surface area contributed by atoms with Crippen molar-refractivity contribution in [2.45, 2.75) is 13.3 Å². The molecule has 2 N–H and O–H groups in total. The molecule has 0 spiro atoms. The number of aromatic nitrogens is 2. The van der Waals surface area contributed by atoms with Gasteiger partial charge in [-0.3, -0.25) is 4.79 Å². The Morgan fingerprint density at radius 3 is 2.50 bits per heavy atom. The van der Waals surface area contributed by atoms with E-state index in [1.54, 1.807) is 30.6 Å². The molecule has 0 radical (unpaired) electrons. The van der Waals surface area contributed by atoms with Crippen molar-refractivity contribution in [1.29, 1.82) is 0 Å². The third kappa shape index (κ3) is 4.03. The van der Waals surface area contributed by atoms with Gasteiger partial charge >= 0.3 is 0 Å². The van der Waals surface area contributed by atoms with Crippen molar-refractivity contribution in [3.63, 3.8) is 0 Å². The summed E-state index contributed by atoms with van der Waals surface area (Å²) in [6.45, 7) is 2.95. The van der Waals surface area contributed by atoms with E-state index in [1.807, 2.05) is 6.07 Å². The number of carbonyl (C=O) groups excluding carboxylic acids is 1. The number of carbonyl (C=O) groups is 1. The van der Waals surface area contributed by atoms with Gasteiger partial charge in [-0.2, -0.15) is 0 Å². The lowest BCUT2D eigenvalue weighted by molar-refractivity contribution is 0.102. The molecule has 5 nitrogen and oxygen atoms in total. The van der Waals surface area contributed by atoms with E-state index in [9.17, 15) is 4.79 Å². The average molecular weight is 335 g/mol. The van der Waals surface area contributed by atoms with Gasteiger partial charge in [-0.05, 0) is 46.6 Å². The van der Waals surface area contributed by atoms with Crippen LogP contribution < -0.4 is 10.6 Å². The van der Waals surface area contributed by atoms with Crippen molar-refractivity contribution in [2.75, 3.05) is 17.2 Å². The number of hydrogen-bond donors (Lipinski definition) is 2. The van der Waals surface area contributed by atoms with E-state index in [-0.39, 0.29) is 5.91 Å². The Balaban J connectivity index is 2.00. The Bertz CT molecular complexity index is 569. The number of hydrogen-bond acceptors (Lipinski definition) is 4. The molecule has 2 rings (SSSR count). The summed E-state index contributed by atoms with van der Waals surface area (Å²) in [5.74, 6) is 1.05. The number of halogens is 1. The third-order valence-electron chi connectivity index (χ3n) is 2.55. The lowest BCUT2D eigenvalue weighted by atomic mass is 10.2. The van der Waals surface area contributed by atoms with Crippen LogP contribution in [-0.2, 0) is 0 Å². The molecule has 1 amide bonds. The van der Waals surface area contributed by atoms with Gasteiger partial charge in [0.25, 0.3) is 5.91 Å². The molecule has 0 bridgehead atoms. The summed E-state index contributed by atoms with van der Waals surface area (Å²) in [6.07, 6.45) is 4.21. The Kier molecular flexibility index (Phi) is 5.06. The van der Waals surface area contributed by atoms with Crippen LogP contribution in [0.4, 0.5) is 11.6 Å². The maximum atomic E-state index is 12.0. The van der Waals surface area contributed by atoms with Gasteiger partial charge in [0.15, 0.2) is 0 Å². The minimum atomic E-state index is -0.227. The molecule has 2 aromatic heterocycles. The van der Waals surface area contributed by atoms with Gasteiger partial charge in [-0.1, -0.05) is 6.92 Å². The van der Waals surface area contributed by atoms with E-state index in [1.165, 1.54) is 0 Å². The predicted octanol–water partition coefficient (Wildman–Crippen LogP) is 3.31. The number of anilines is 2. The van der Waals surface area contributed by atoms with Crippen molar-refractivity contribution in [1.82, 2.24) is 9.97 Å². The molecule has 0 saturated carbocycles. The molecule has 0 fully saturated rings. The summed E-state index contributed by atoms with van der Waals surface area (Å²) in [4.78, 5) is 20.3. The van der Waals surface area contributed by atoms with Gasteiger partial charge in [0.1, 0.15) is 11.6 Å². The average Bonchev–Trinajstić information content (AvgIpc) is 2.48. The van der Waals surface area contributed by atoms with Crippen LogP contribution in [0.5, 0.6) is 0 Å². The topological polar surface area (TPSA) is 66.9 Å². The van der Waals surface area contributed by atoms with E-state index in [4.69, 9.17) is 0 Å². The van der Waals surface area contributed by atoms with Crippen LogP contribution in [0.3, 0.4) is 0 Å².